The normalized spacial score (nSPS) is 15.6. The lowest BCUT2D eigenvalue weighted by Gasteiger charge is -2.33. The van der Waals surface area contributed by atoms with E-state index in [4.69, 9.17) is 4.98 Å². The monoisotopic (exact) mass is 528 g/mol. The molecule has 3 aromatic rings. The largest absolute Gasteiger partial charge is 0.309 e. The van der Waals surface area contributed by atoms with Gasteiger partial charge in [-0.2, -0.15) is 4.31 Å². The summed E-state index contributed by atoms with van der Waals surface area (Å²) in [5.41, 5.74) is 4.27. The summed E-state index contributed by atoms with van der Waals surface area (Å²) < 4.78 is 28.8. The third-order valence-electron chi connectivity index (χ3n) is 6.76. The lowest BCUT2D eigenvalue weighted by Crippen LogP contribution is -2.45. The van der Waals surface area contributed by atoms with E-state index in [2.05, 4.69) is 30.9 Å². The summed E-state index contributed by atoms with van der Waals surface area (Å²) in [7, 11) is 0.498. The molecule has 0 unspecified atom stereocenters. The summed E-state index contributed by atoms with van der Waals surface area (Å²) in [6.45, 7) is 8.22. The molecule has 1 saturated heterocycles. The molecule has 0 aliphatic carbocycles. The number of thiazole rings is 1. The fourth-order valence-electron chi connectivity index (χ4n) is 4.74. The van der Waals surface area contributed by atoms with Crippen LogP contribution in [0.3, 0.4) is 0 Å². The highest BCUT2D eigenvalue weighted by molar-refractivity contribution is 7.89. The zero-order chi connectivity index (χ0) is 26.0. The number of hydrogen-bond acceptors (Lipinski definition) is 6. The Labute approximate surface area is 218 Å². The topological polar surface area (TPSA) is 73.8 Å². The number of anilines is 1. The van der Waals surface area contributed by atoms with Crippen LogP contribution in [0.4, 0.5) is 5.13 Å². The van der Waals surface area contributed by atoms with Crippen LogP contribution in [0.25, 0.3) is 10.2 Å². The highest BCUT2D eigenvalue weighted by Crippen LogP contribution is 2.34. The highest BCUT2D eigenvalue weighted by Gasteiger charge is 2.35. The molecule has 0 N–H and O–H groups in total. The molecule has 9 heteroatoms. The van der Waals surface area contributed by atoms with Crippen molar-refractivity contribution < 1.29 is 13.2 Å². The molecule has 1 aliphatic heterocycles. The van der Waals surface area contributed by atoms with Crippen LogP contribution in [0.15, 0.2) is 41.3 Å². The third kappa shape index (κ3) is 5.80. The minimum Gasteiger partial charge on any atom is -0.309 e. The van der Waals surface area contributed by atoms with E-state index in [9.17, 15) is 13.2 Å². The van der Waals surface area contributed by atoms with Gasteiger partial charge in [-0.05, 0) is 90.0 Å². The number of amides is 1. The minimum absolute atomic E-state index is 0.0505. The van der Waals surface area contributed by atoms with Gasteiger partial charge in [0, 0.05) is 25.6 Å². The average molecular weight is 529 g/mol. The highest BCUT2D eigenvalue weighted by atomic mass is 32.2. The van der Waals surface area contributed by atoms with Crippen molar-refractivity contribution in [2.45, 2.75) is 44.9 Å². The van der Waals surface area contributed by atoms with Crippen LogP contribution in [0.5, 0.6) is 0 Å². The molecule has 2 aromatic carbocycles. The number of piperidine rings is 1. The first kappa shape index (κ1) is 26.7. The van der Waals surface area contributed by atoms with Gasteiger partial charge in [0.05, 0.1) is 15.1 Å². The second-order valence-electron chi connectivity index (χ2n) is 10.1. The molecule has 0 bridgehead atoms. The molecule has 1 amide bonds. The maximum atomic E-state index is 13.8. The van der Waals surface area contributed by atoms with Crippen LogP contribution in [0.1, 0.15) is 36.0 Å². The molecule has 1 aromatic heterocycles. The van der Waals surface area contributed by atoms with Crippen molar-refractivity contribution in [3.05, 3.63) is 53.1 Å². The summed E-state index contributed by atoms with van der Waals surface area (Å²) in [5, 5.41) is 0.733. The maximum Gasteiger partial charge on any atom is 0.243 e. The zero-order valence-electron chi connectivity index (χ0n) is 21.8. The summed E-state index contributed by atoms with van der Waals surface area (Å²) in [6, 6.07) is 11.2. The summed E-state index contributed by atoms with van der Waals surface area (Å²) >= 11 is 1.56. The number of carbonyl (C=O) groups excluding carboxylic acids is 1. The molecule has 4 rings (SSSR count). The van der Waals surface area contributed by atoms with Gasteiger partial charge in [0.2, 0.25) is 15.9 Å². The Hall–Kier alpha value is -2.33. The second kappa shape index (κ2) is 11.0. The molecule has 0 spiro atoms. The number of rotatable bonds is 8. The van der Waals surface area contributed by atoms with Gasteiger partial charge in [-0.15, -0.1) is 0 Å². The van der Waals surface area contributed by atoms with E-state index in [1.54, 1.807) is 23.5 Å². The minimum atomic E-state index is -3.56. The van der Waals surface area contributed by atoms with Gasteiger partial charge in [-0.3, -0.25) is 9.69 Å². The lowest BCUT2D eigenvalue weighted by atomic mass is 9.96. The van der Waals surface area contributed by atoms with Crippen LogP contribution in [0.2, 0.25) is 0 Å². The van der Waals surface area contributed by atoms with Crippen molar-refractivity contribution in [2.24, 2.45) is 5.92 Å². The van der Waals surface area contributed by atoms with Gasteiger partial charge in [-0.25, -0.2) is 13.4 Å². The predicted octanol–water partition coefficient (Wildman–Crippen LogP) is 4.61. The third-order valence-corrected chi connectivity index (χ3v) is 9.70. The van der Waals surface area contributed by atoms with Crippen molar-refractivity contribution >= 4 is 42.6 Å². The number of aromatic nitrogens is 1. The summed E-state index contributed by atoms with van der Waals surface area (Å²) in [5.74, 6) is -0.168. The average Bonchev–Trinajstić information content (AvgIpc) is 3.25. The molecular weight excluding hydrogens is 492 g/mol. The number of aryl methyl sites for hydroxylation is 3. The maximum absolute atomic E-state index is 13.8. The fourth-order valence-corrected chi connectivity index (χ4v) is 7.39. The number of hydrogen-bond donors (Lipinski definition) is 0. The van der Waals surface area contributed by atoms with Crippen LogP contribution < -0.4 is 4.90 Å². The first-order valence-electron chi connectivity index (χ1n) is 12.5. The molecule has 0 radical (unpaired) electrons. The van der Waals surface area contributed by atoms with E-state index in [1.807, 2.05) is 38.1 Å². The van der Waals surface area contributed by atoms with Gasteiger partial charge in [0.1, 0.15) is 0 Å². The number of carbonyl (C=O) groups is 1. The predicted molar refractivity (Wildman–Crippen MR) is 147 cm³/mol. The molecule has 0 atom stereocenters. The van der Waals surface area contributed by atoms with Gasteiger partial charge in [-0.1, -0.05) is 35.1 Å². The van der Waals surface area contributed by atoms with Gasteiger partial charge < -0.3 is 4.90 Å². The molecule has 1 aliphatic rings. The van der Waals surface area contributed by atoms with E-state index in [0.29, 0.717) is 37.4 Å². The van der Waals surface area contributed by atoms with E-state index >= 15 is 0 Å². The number of fused-ring (bicyclic) bond motifs is 1. The summed E-state index contributed by atoms with van der Waals surface area (Å²) in [6.07, 6.45) is 1.86. The molecule has 7 nitrogen and oxygen atoms in total. The molecule has 2 heterocycles. The van der Waals surface area contributed by atoms with Crippen molar-refractivity contribution in [1.82, 2.24) is 14.2 Å². The smallest absolute Gasteiger partial charge is 0.243 e. The second-order valence-corrected chi connectivity index (χ2v) is 13.0. The zero-order valence-corrected chi connectivity index (χ0v) is 23.5. The number of nitrogens with zero attached hydrogens (tertiary/aromatic N) is 4. The van der Waals surface area contributed by atoms with E-state index in [1.165, 1.54) is 9.87 Å². The molecule has 36 heavy (non-hydrogen) atoms. The van der Waals surface area contributed by atoms with E-state index in [0.717, 1.165) is 39.4 Å². The van der Waals surface area contributed by atoms with Crippen molar-refractivity contribution in [2.75, 3.05) is 45.2 Å². The Balaban J connectivity index is 1.52. The van der Waals surface area contributed by atoms with Crippen LogP contribution >= 0.6 is 11.3 Å². The Morgan fingerprint density at radius 3 is 2.33 bits per heavy atom. The quantitative estimate of drug-likeness (QED) is 0.427. The Morgan fingerprint density at radius 1 is 1.03 bits per heavy atom. The summed E-state index contributed by atoms with van der Waals surface area (Å²) in [4.78, 5) is 22.9. The fraction of sp³-hybridized carbons (Fsp3) is 0.481. The van der Waals surface area contributed by atoms with Crippen LogP contribution in [0, 0.1) is 26.7 Å². The molecule has 1 fully saturated rings. The molecule has 194 valence electrons. The van der Waals surface area contributed by atoms with Gasteiger partial charge in [0.25, 0.3) is 0 Å². The number of benzene rings is 2. The first-order valence-corrected chi connectivity index (χ1v) is 14.7. The van der Waals surface area contributed by atoms with Gasteiger partial charge >= 0.3 is 0 Å². The first-order chi connectivity index (χ1) is 17.1. The molecule has 0 saturated carbocycles. The SMILES string of the molecule is Cc1ccc(S(=O)(=O)N2CCC(C(=O)N(CCCN(C)C)c3nc4c(C)cc(C)cc4s3)CC2)cc1. The van der Waals surface area contributed by atoms with Crippen molar-refractivity contribution in [3.63, 3.8) is 0 Å². The Morgan fingerprint density at radius 2 is 1.69 bits per heavy atom. The number of sulfonamides is 1. The van der Waals surface area contributed by atoms with Gasteiger partial charge in [0.15, 0.2) is 5.13 Å². The van der Waals surface area contributed by atoms with Crippen LogP contribution in [-0.2, 0) is 14.8 Å². The molecular formula is C27H36N4O3S2. The van der Waals surface area contributed by atoms with Crippen molar-refractivity contribution in [3.8, 4) is 0 Å². The lowest BCUT2D eigenvalue weighted by molar-refractivity contribution is -0.123. The Kier molecular flexibility index (Phi) is 8.14. The van der Waals surface area contributed by atoms with Crippen molar-refractivity contribution in [1.29, 1.82) is 0 Å². The van der Waals surface area contributed by atoms with Crippen LogP contribution in [-0.4, -0.2) is 68.8 Å². The Bertz CT molecular complexity index is 1330. The van der Waals surface area contributed by atoms with E-state index < -0.39 is 10.0 Å². The van der Waals surface area contributed by atoms with E-state index in [-0.39, 0.29) is 11.8 Å². The standard InChI is InChI=1S/C27H36N4O3S2/c1-19-7-9-23(10-8-19)36(33,34)30-15-11-22(12-16-30)26(32)31(14-6-13-29(4)5)27-28-25-21(3)17-20(2)18-24(25)35-27/h7-10,17-18,22H,6,11-16H2,1-5H3.